The second-order valence-corrected chi connectivity index (χ2v) is 15.5. The standard InChI is InChI=1S/C35H45N5O6/c1-32(2,3)27(39-29(43)23-14-13-21-11-6-7-12-22(21)37-23)31(45)40-17-34(33(4,5)35(34)18-46-19-35)16-25(40)30(44)38-24(26(41)28(36)42)15-20-9-8-10-20/h6-7,11-14,20,24-25,27H,8-10,15-19H2,1-5H3,(H2,36,42)(H,38,44)(H,39,43)/t24?,25-,27+,34+/m0/s1. The van der Waals surface area contributed by atoms with E-state index in [4.69, 9.17) is 10.5 Å². The van der Waals surface area contributed by atoms with Crippen LogP contribution in [0.4, 0.5) is 0 Å². The SMILES string of the molecule is CC(C)(C)[C@H](NC(=O)c1ccc2ccccc2n1)C(=O)N1C[C@]2(C[C@H]1C(=O)NC(CC1CCC1)C(=O)C(N)=O)C(C)(C)C21COC1. The number of primary amides is 1. The smallest absolute Gasteiger partial charge is 0.287 e. The van der Waals surface area contributed by atoms with E-state index in [1.54, 1.807) is 11.0 Å². The molecule has 4 fully saturated rings. The van der Waals surface area contributed by atoms with Crippen LogP contribution < -0.4 is 16.4 Å². The molecule has 1 unspecified atom stereocenters. The minimum atomic E-state index is -1.09. The van der Waals surface area contributed by atoms with Crippen LogP contribution in [0.1, 0.15) is 77.2 Å². The first kappa shape index (κ1) is 32.1. The molecule has 4 N–H and O–H groups in total. The number of fused-ring (bicyclic) bond motifs is 2. The van der Waals surface area contributed by atoms with Crippen molar-refractivity contribution in [1.82, 2.24) is 20.5 Å². The lowest BCUT2D eigenvalue weighted by molar-refractivity contribution is -0.143. The molecule has 2 aromatic rings. The van der Waals surface area contributed by atoms with Gasteiger partial charge in [-0.05, 0) is 41.7 Å². The Balaban J connectivity index is 1.29. The molecule has 6 rings (SSSR count). The van der Waals surface area contributed by atoms with E-state index in [0.717, 1.165) is 24.6 Å². The van der Waals surface area contributed by atoms with E-state index >= 15 is 0 Å². The summed E-state index contributed by atoms with van der Waals surface area (Å²) in [7, 11) is 0. The number of nitrogens with zero attached hydrogens (tertiary/aromatic N) is 2. The fraction of sp³-hybridized carbons (Fsp3) is 0.600. The number of likely N-dealkylation sites (tertiary alicyclic amines) is 1. The van der Waals surface area contributed by atoms with E-state index in [0.29, 0.717) is 38.1 Å². The third-order valence-electron chi connectivity index (χ3n) is 11.8. The van der Waals surface area contributed by atoms with Crippen molar-refractivity contribution < 1.29 is 28.7 Å². The Kier molecular flexibility index (Phi) is 7.77. The maximum absolute atomic E-state index is 14.6. The van der Waals surface area contributed by atoms with Gasteiger partial charge < -0.3 is 26.0 Å². The summed E-state index contributed by atoms with van der Waals surface area (Å²) in [5, 5.41) is 6.67. The summed E-state index contributed by atoms with van der Waals surface area (Å²) in [6, 6.07) is 8.00. The first-order valence-electron chi connectivity index (χ1n) is 16.3. The number of nitrogens with one attached hydrogen (secondary N) is 2. The lowest BCUT2D eigenvalue weighted by atomic mass is 9.80. The van der Waals surface area contributed by atoms with Gasteiger partial charge in [0.05, 0.1) is 24.8 Å². The fourth-order valence-corrected chi connectivity index (χ4v) is 8.32. The summed E-state index contributed by atoms with van der Waals surface area (Å²) in [6.45, 7) is 11.3. The number of ether oxygens (including phenoxy) is 1. The largest absolute Gasteiger partial charge is 0.380 e. The summed E-state index contributed by atoms with van der Waals surface area (Å²) in [6.07, 6.45) is 3.61. The Hall–Kier alpha value is -3.86. The summed E-state index contributed by atoms with van der Waals surface area (Å²) < 4.78 is 5.67. The normalized spacial score (nSPS) is 25.8. The van der Waals surface area contributed by atoms with Crippen molar-refractivity contribution in [3.63, 3.8) is 0 Å². The first-order valence-corrected chi connectivity index (χ1v) is 16.3. The van der Waals surface area contributed by atoms with E-state index < -0.39 is 47.0 Å². The van der Waals surface area contributed by atoms with Crippen LogP contribution in [-0.2, 0) is 23.9 Å². The topological polar surface area (TPSA) is 161 Å². The van der Waals surface area contributed by atoms with Gasteiger partial charge in [-0.1, -0.05) is 78.1 Å². The number of carbonyl (C=O) groups is 5. The number of para-hydroxylation sites is 1. The Bertz CT molecular complexity index is 1610. The highest BCUT2D eigenvalue weighted by molar-refractivity contribution is 6.37. The highest BCUT2D eigenvalue weighted by Gasteiger charge is 2.86. The van der Waals surface area contributed by atoms with Crippen LogP contribution in [0.15, 0.2) is 36.4 Å². The summed E-state index contributed by atoms with van der Waals surface area (Å²) in [5.74, 6) is -3.05. The van der Waals surface area contributed by atoms with Gasteiger partial charge in [0.2, 0.25) is 17.6 Å². The van der Waals surface area contributed by atoms with Crippen molar-refractivity contribution in [1.29, 1.82) is 0 Å². The average Bonchev–Trinajstić information content (AvgIpc) is 3.18. The van der Waals surface area contributed by atoms with Gasteiger partial charge in [0.25, 0.3) is 11.8 Å². The minimum absolute atomic E-state index is 0.169. The van der Waals surface area contributed by atoms with Crippen LogP contribution in [0.5, 0.6) is 0 Å². The van der Waals surface area contributed by atoms with Crippen molar-refractivity contribution in [3.8, 4) is 0 Å². The molecule has 2 aliphatic heterocycles. The number of Topliss-reactive ketones (excluding diaryl/α,β-unsaturated/α-hetero) is 1. The van der Waals surface area contributed by atoms with Crippen LogP contribution in [0.25, 0.3) is 10.9 Å². The second-order valence-electron chi connectivity index (χ2n) is 15.5. The predicted octanol–water partition coefficient (Wildman–Crippen LogP) is 2.75. The number of ketones is 1. The van der Waals surface area contributed by atoms with Gasteiger partial charge in [-0.3, -0.25) is 24.0 Å². The Morgan fingerprint density at radius 1 is 1.02 bits per heavy atom. The van der Waals surface area contributed by atoms with Crippen molar-refractivity contribution >= 4 is 40.3 Å². The highest BCUT2D eigenvalue weighted by Crippen LogP contribution is 2.84. The molecule has 246 valence electrons. The van der Waals surface area contributed by atoms with E-state index in [9.17, 15) is 24.0 Å². The highest BCUT2D eigenvalue weighted by atomic mass is 16.5. The number of hydrogen-bond donors (Lipinski definition) is 3. The van der Waals surface area contributed by atoms with E-state index in [-0.39, 0.29) is 33.8 Å². The first-order chi connectivity index (χ1) is 21.6. The molecule has 4 aliphatic rings. The van der Waals surface area contributed by atoms with Gasteiger partial charge in [-0.2, -0.15) is 0 Å². The number of carbonyl (C=O) groups excluding carboxylic acids is 5. The number of benzene rings is 1. The third-order valence-corrected chi connectivity index (χ3v) is 11.8. The summed E-state index contributed by atoms with van der Waals surface area (Å²) in [5.41, 5.74) is 4.77. The lowest BCUT2D eigenvalue weighted by Crippen LogP contribution is -2.59. The monoisotopic (exact) mass is 631 g/mol. The Morgan fingerprint density at radius 3 is 2.28 bits per heavy atom. The van der Waals surface area contributed by atoms with Gasteiger partial charge in [0, 0.05) is 22.8 Å². The molecular formula is C35H45N5O6. The maximum atomic E-state index is 14.6. The molecule has 1 aromatic carbocycles. The van der Waals surface area contributed by atoms with Gasteiger partial charge in [0.15, 0.2) is 0 Å². The zero-order valence-electron chi connectivity index (χ0n) is 27.4. The molecular weight excluding hydrogens is 586 g/mol. The Morgan fingerprint density at radius 2 is 1.72 bits per heavy atom. The Labute approximate surface area is 269 Å². The molecule has 4 amide bonds. The minimum Gasteiger partial charge on any atom is -0.380 e. The van der Waals surface area contributed by atoms with E-state index in [2.05, 4.69) is 29.5 Å². The summed E-state index contributed by atoms with van der Waals surface area (Å²) >= 11 is 0. The number of pyridine rings is 1. The molecule has 0 bridgehead atoms. The van der Waals surface area contributed by atoms with Crippen LogP contribution in [0.2, 0.25) is 0 Å². The molecule has 3 heterocycles. The molecule has 2 spiro atoms. The molecule has 46 heavy (non-hydrogen) atoms. The maximum Gasteiger partial charge on any atom is 0.287 e. The average molecular weight is 632 g/mol. The lowest BCUT2D eigenvalue weighted by Gasteiger charge is -2.36. The van der Waals surface area contributed by atoms with Crippen molar-refractivity contribution in [3.05, 3.63) is 42.1 Å². The van der Waals surface area contributed by atoms with Gasteiger partial charge in [-0.15, -0.1) is 0 Å². The van der Waals surface area contributed by atoms with Gasteiger partial charge in [-0.25, -0.2) is 4.98 Å². The van der Waals surface area contributed by atoms with E-state index in [1.165, 1.54) is 0 Å². The number of hydrogen-bond acceptors (Lipinski definition) is 7. The van der Waals surface area contributed by atoms with Crippen molar-refractivity contribution in [2.45, 2.75) is 84.8 Å². The molecule has 2 saturated carbocycles. The zero-order valence-corrected chi connectivity index (χ0v) is 27.4. The molecule has 11 heteroatoms. The molecule has 2 saturated heterocycles. The zero-order chi connectivity index (χ0) is 33.2. The van der Waals surface area contributed by atoms with E-state index in [1.807, 2.05) is 51.1 Å². The van der Waals surface area contributed by atoms with Crippen LogP contribution in [-0.4, -0.2) is 77.2 Å². The van der Waals surface area contributed by atoms with Crippen molar-refractivity contribution in [2.24, 2.45) is 33.3 Å². The molecule has 1 aromatic heterocycles. The van der Waals surface area contributed by atoms with Crippen LogP contribution in [0.3, 0.4) is 0 Å². The molecule has 2 aliphatic carbocycles. The predicted molar refractivity (Wildman–Crippen MR) is 170 cm³/mol. The van der Waals surface area contributed by atoms with Crippen LogP contribution >= 0.6 is 0 Å². The number of amides is 4. The fourth-order valence-electron chi connectivity index (χ4n) is 8.32. The second kappa shape index (κ2) is 11.1. The van der Waals surface area contributed by atoms with Crippen LogP contribution in [0, 0.1) is 27.6 Å². The molecule has 11 nitrogen and oxygen atoms in total. The van der Waals surface area contributed by atoms with Gasteiger partial charge >= 0.3 is 0 Å². The molecule has 4 atom stereocenters. The number of rotatable bonds is 9. The molecule has 0 radical (unpaired) electrons. The summed E-state index contributed by atoms with van der Waals surface area (Å²) in [4.78, 5) is 73.2. The third kappa shape index (κ3) is 4.98. The number of aromatic nitrogens is 1. The quantitative estimate of drug-likeness (QED) is 0.359. The van der Waals surface area contributed by atoms with Gasteiger partial charge in [0.1, 0.15) is 17.8 Å². The van der Waals surface area contributed by atoms with Crippen molar-refractivity contribution in [2.75, 3.05) is 19.8 Å². The number of nitrogens with two attached hydrogens (primary N) is 1.